The minimum absolute atomic E-state index is 0.0720. The average molecular weight is 356 g/mol. The molecule has 0 aliphatic carbocycles. The molecular weight excluding hydrogens is 332 g/mol. The third-order valence-corrected chi connectivity index (χ3v) is 5.21. The SMILES string of the molecule is Cc1cccc2c1NC(C(=O)NCCc1ccccc1-c1ccccc1)C2. The van der Waals surface area contributed by atoms with Crippen LogP contribution in [0.25, 0.3) is 11.1 Å². The normalized spacial score (nSPS) is 15.1. The van der Waals surface area contributed by atoms with Gasteiger partial charge in [0, 0.05) is 18.7 Å². The number of hydrogen-bond donors (Lipinski definition) is 2. The number of fused-ring (bicyclic) bond motifs is 1. The standard InChI is InChI=1S/C24H24N2O/c1-17-8-7-12-20-16-22(26-23(17)20)24(27)25-15-14-19-11-5-6-13-21(19)18-9-3-2-4-10-18/h2-13,22,26H,14-16H2,1H3,(H,25,27). The predicted molar refractivity (Wildman–Crippen MR) is 111 cm³/mol. The second-order valence-electron chi connectivity index (χ2n) is 7.07. The smallest absolute Gasteiger partial charge is 0.242 e. The van der Waals surface area contributed by atoms with Crippen LogP contribution >= 0.6 is 0 Å². The summed E-state index contributed by atoms with van der Waals surface area (Å²) in [6.07, 6.45) is 1.57. The highest BCUT2D eigenvalue weighted by Gasteiger charge is 2.27. The summed E-state index contributed by atoms with van der Waals surface area (Å²) in [4.78, 5) is 12.6. The van der Waals surface area contributed by atoms with Gasteiger partial charge in [-0.2, -0.15) is 0 Å². The van der Waals surface area contributed by atoms with Crippen LogP contribution in [-0.4, -0.2) is 18.5 Å². The van der Waals surface area contributed by atoms with Gasteiger partial charge in [-0.15, -0.1) is 0 Å². The van der Waals surface area contributed by atoms with Gasteiger partial charge in [0.25, 0.3) is 0 Å². The van der Waals surface area contributed by atoms with E-state index in [4.69, 9.17) is 0 Å². The Hall–Kier alpha value is -3.07. The third kappa shape index (κ3) is 3.72. The molecule has 0 bridgehead atoms. The highest BCUT2D eigenvalue weighted by molar-refractivity contribution is 5.88. The van der Waals surface area contributed by atoms with Crippen molar-refractivity contribution in [3.05, 3.63) is 89.5 Å². The van der Waals surface area contributed by atoms with Crippen molar-refractivity contribution in [2.24, 2.45) is 0 Å². The van der Waals surface area contributed by atoms with Crippen molar-refractivity contribution in [2.45, 2.75) is 25.8 Å². The van der Waals surface area contributed by atoms with Crippen LogP contribution in [0, 0.1) is 6.92 Å². The lowest BCUT2D eigenvalue weighted by molar-refractivity contribution is -0.121. The fourth-order valence-corrected chi connectivity index (χ4v) is 3.79. The first kappa shape index (κ1) is 17.3. The zero-order chi connectivity index (χ0) is 18.6. The molecule has 0 saturated heterocycles. The van der Waals surface area contributed by atoms with E-state index in [1.54, 1.807) is 0 Å². The van der Waals surface area contributed by atoms with E-state index in [0.717, 1.165) is 18.5 Å². The molecule has 3 aromatic carbocycles. The van der Waals surface area contributed by atoms with E-state index in [1.807, 2.05) is 6.07 Å². The van der Waals surface area contributed by atoms with Crippen molar-refractivity contribution in [3.8, 4) is 11.1 Å². The lowest BCUT2D eigenvalue weighted by atomic mass is 9.98. The molecule has 4 rings (SSSR count). The zero-order valence-electron chi connectivity index (χ0n) is 15.5. The van der Waals surface area contributed by atoms with Crippen molar-refractivity contribution in [2.75, 3.05) is 11.9 Å². The molecule has 27 heavy (non-hydrogen) atoms. The summed E-state index contributed by atoms with van der Waals surface area (Å²) in [5, 5.41) is 6.48. The van der Waals surface area contributed by atoms with Crippen LogP contribution in [0.4, 0.5) is 5.69 Å². The van der Waals surface area contributed by atoms with Crippen molar-refractivity contribution >= 4 is 11.6 Å². The number of rotatable bonds is 5. The average Bonchev–Trinajstić information content (AvgIpc) is 3.15. The number of aryl methyl sites for hydroxylation is 1. The van der Waals surface area contributed by atoms with E-state index in [-0.39, 0.29) is 11.9 Å². The minimum atomic E-state index is -0.175. The number of para-hydroxylation sites is 1. The summed E-state index contributed by atoms with van der Waals surface area (Å²) in [7, 11) is 0. The first-order chi connectivity index (χ1) is 13.2. The molecule has 0 aromatic heterocycles. The quantitative estimate of drug-likeness (QED) is 0.713. The van der Waals surface area contributed by atoms with Gasteiger partial charge < -0.3 is 10.6 Å². The molecule has 1 unspecified atom stereocenters. The van der Waals surface area contributed by atoms with E-state index >= 15 is 0 Å². The molecule has 3 nitrogen and oxygen atoms in total. The van der Waals surface area contributed by atoms with Crippen LogP contribution in [0.5, 0.6) is 0 Å². The maximum Gasteiger partial charge on any atom is 0.242 e. The van der Waals surface area contributed by atoms with E-state index in [0.29, 0.717) is 6.54 Å². The van der Waals surface area contributed by atoms with E-state index in [1.165, 1.54) is 27.8 Å². The molecule has 1 aliphatic rings. The minimum Gasteiger partial charge on any atom is -0.373 e. The van der Waals surface area contributed by atoms with Crippen molar-refractivity contribution in [1.82, 2.24) is 5.32 Å². The molecule has 1 aliphatic heterocycles. The van der Waals surface area contributed by atoms with Gasteiger partial charge in [-0.05, 0) is 41.2 Å². The molecule has 0 radical (unpaired) electrons. The van der Waals surface area contributed by atoms with Crippen molar-refractivity contribution < 1.29 is 4.79 Å². The van der Waals surface area contributed by atoms with E-state index in [9.17, 15) is 4.79 Å². The molecule has 3 aromatic rings. The third-order valence-electron chi connectivity index (χ3n) is 5.21. The fourth-order valence-electron chi connectivity index (χ4n) is 3.79. The lowest BCUT2D eigenvalue weighted by Gasteiger charge is -2.14. The molecule has 1 heterocycles. The molecule has 0 spiro atoms. The zero-order valence-corrected chi connectivity index (χ0v) is 15.5. The number of anilines is 1. The Morgan fingerprint density at radius 1 is 1.00 bits per heavy atom. The number of benzene rings is 3. The fraction of sp³-hybridized carbons (Fsp3) is 0.208. The van der Waals surface area contributed by atoms with Gasteiger partial charge in [-0.1, -0.05) is 72.8 Å². The van der Waals surface area contributed by atoms with E-state index < -0.39 is 0 Å². The van der Waals surface area contributed by atoms with Crippen LogP contribution in [-0.2, 0) is 17.6 Å². The Kier molecular flexibility index (Phi) is 4.93. The lowest BCUT2D eigenvalue weighted by Crippen LogP contribution is -2.39. The Morgan fingerprint density at radius 3 is 2.59 bits per heavy atom. The molecule has 0 fully saturated rings. The molecule has 136 valence electrons. The van der Waals surface area contributed by atoms with Gasteiger partial charge in [-0.25, -0.2) is 0 Å². The molecule has 2 N–H and O–H groups in total. The van der Waals surface area contributed by atoms with Crippen molar-refractivity contribution in [1.29, 1.82) is 0 Å². The van der Waals surface area contributed by atoms with Crippen LogP contribution in [0.3, 0.4) is 0 Å². The number of amides is 1. The Balaban J connectivity index is 1.37. The second kappa shape index (κ2) is 7.67. The van der Waals surface area contributed by atoms with Crippen LogP contribution < -0.4 is 10.6 Å². The maximum absolute atomic E-state index is 12.6. The van der Waals surface area contributed by atoms with Gasteiger partial charge in [0.15, 0.2) is 0 Å². The van der Waals surface area contributed by atoms with Crippen LogP contribution in [0.2, 0.25) is 0 Å². The summed E-state index contributed by atoms with van der Waals surface area (Å²) in [6.45, 7) is 2.71. The van der Waals surface area contributed by atoms with Crippen LogP contribution in [0.1, 0.15) is 16.7 Å². The van der Waals surface area contributed by atoms with E-state index in [2.05, 4.69) is 84.3 Å². The molecule has 3 heteroatoms. The first-order valence-electron chi connectivity index (χ1n) is 9.48. The number of nitrogens with one attached hydrogen (secondary N) is 2. The Morgan fingerprint density at radius 2 is 1.78 bits per heavy atom. The highest BCUT2D eigenvalue weighted by atomic mass is 16.2. The van der Waals surface area contributed by atoms with Gasteiger partial charge in [-0.3, -0.25) is 4.79 Å². The molecule has 0 saturated carbocycles. The predicted octanol–water partition coefficient (Wildman–Crippen LogP) is 4.36. The molecule has 1 atom stereocenters. The highest BCUT2D eigenvalue weighted by Crippen LogP contribution is 2.29. The van der Waals surface area contributed by atoms with Crippen LogP contribution in [0.15, 0.2) is 72.8 Å². The largest absolute Gasteiger partial charge is 0.373 e. The number of carbonyl (C=O) groups is 1. The summed E-state index contributed by atoms with van der Waals surface area (Å²) in [5.74, 6) is 0.0720. The monoisotopic (exact) mass is 356 g/mol. The van der Waals surface area contributed by atoms with Gasteiger partial charge in [0.05, 0.1) is 0 Å². The first-order valence-corrected chi connectivity index (χ1v) is 9.48. The number of carbonyl (C=O) groups excluding carboxylic acids is 1. The second-order valence-corrected chi connectivity index (χ2v) is 7.07. The summed E-state index contributed by atoms with van der Waals surface area (Å²) in [6, 6.07) is 24.8. The van der Waals surface area contributed by atoms with Gasteiger partial charge >= 0.3 is 0 Å². The van der Waals surface area contributed by atoms with Gasteiger partial charge in [0.2, 0.25) is 5.91 Å². The summed E-state index contributed by atoms with van der Waals surface area (Å²) < 4.78 is 0. The van der Waals surface area contributed by atoms with Crippen molar-refractivity contribution in [3.63, 3.8) is 0 Å². The topological polar surface area (TPSA) is 41.1 Å². The van der Waals surface area contributed by atoms with Gasteiger partial charge in [0.1, 0.15) is 6.04 Å². The summed E-state index contributed by atoms with van der Waals surface area (Å²) >= 11 is 0. The Bertz CT molecular complexity index is 950. The summed E-state index contributed by atoms with van der Waals surface area (Å²) in [5.41, 5.74) is 7.23. The number of hydrogen-bond acceptors (Lipinski definition) is 2. The maximum atomic E-state index is 12.6. The molecular formula is C24H24N2O. The molecule has 1 amide bonds. The Labute approximate surface area is 160 Å².